The van der Waals surface area contributed by atoms with Gasteiger partial charge in [-0.1, -0.05) is 0 Å². The Morgan fingerprint density at radius 3 is 2.90 bits per heavy atom. The van der Waals surface area contributed by atoms with E-state index in [-0.39, 0.29) is 6.61 Å². The number of hydrogen-bond donors (Lipinski definition) is 1. The molecule has 0 amide bonds. The lowest BCUT2D eigenvalue weighted by molar-refractivity contribution is 0.269. The van der Waals surface area contributed by atoms with Crippen LogP contribution in [0.5, 0.6) is 0 Å². The monoisotopic (exact) mass is 158 g/mol. The van der Waals surface area contributed by atoms with Gasteiger partial charge in [-0.15, -0.1) is 11.8 Å². The molecule has 0 aliphatic carbocycles. The Morgan fingerprint density at radius 2 is 2.50 bits per heavy atom. The highest BCUT2D eigenvalue weighted by molar-refractivity contribution is 7.98. The van der Waals surface area contributed by atoms with Crippen LogP contribution in [-0.4, -0.2) is 20.9 Å². The normalized spacial score (nSPS) is 10.3. The smallest absolute Gasteiger partial charge is 0.119 e. The number of aliphatic hydroxyl groups excluding tert-OH is 1. The summed E-state index contributed by atoms with van der Waals surface area (Å²) in [6.07, 6.45) is 3.65. The Hall–Kier alpha value is -0.480. The van der Waals surface area contributed by atoms with Crippen molar-refractivity contribution in [2.24, 2.45) is 7.05 Å². The fraction of sp³-hybridized carbons (Fsp3) is 0.500. The predicted molar refractivity (Wildman–Crippen MR) is 40.9 cm³/mol. The van der Waals surface area contributed by atoms with E-state index in [0.29, 0.717) is 0 Å². The van der Waals surface area contributed by atoms with Crippen molar-refractivity contribution >= 4 is 11.8 Å². The van der Waals surface area contributed by atoms with Crippen molar-refractivity contribution in [2.45, 2.75) is 11.6 Å². The van der Waals surface area contributed by atoms with Gasteiger partial charge >= 0.3 is 0 Å². The van der Waals surface area contributed by atoms with Crippen molar-refractivity contribution in [1.29, 1.82) is 0 Å². The third kappa shape index (κ3) is 1.17. The lowest BCUT2D eigenvalue weighted by Gasteiger charge is -1.97. The summed E-state index contributed by atoms with van der Waals surface area (Å²) in [6, 6.07) is 0. The molecule has 0 aliphatic rings. The first kappa shape index (κ1) is 7.63. The second kappa shape index (κ2) is 3.07. The van der Waals surface area contributed by atoms with E-state index in [4.69, 9.17) is 5.11 Å². The van der Waals surface area contributed by atoms with Gasteiger partial charge < -0.3 is 9.67 Å². The Bertz CT molecular complexity index is 222. The van der Waals surface area contributed by atoms with Crippen LogP contribution in [0.15, 0.2) is 11.4 Å². The number of thioether (sulfide) groups is 1. The molecule has 0 saturated heterocycles. The van der Waals surface area contributed by atoms with Crippen molar-refractivity contribution in [2.75, 3.05) is 6.26 Å². The first-order valence-corrected chi connectivity index (χ1v) is 4.17. The molecule has 0 aromatic carbocycles. The van der Waals surface area contributed by atoms with Gasteiger partial charge in [0.25, 0.3) is 0 Å². The van der Waals surface area contributed by atoms with Gasteiger partial charge in [0.2, 0.25) is 0 Å². The van der Waals surface area contributed by atoms with Crippen LogP contribution >= 0.6 is 11.8 Å². The second-order valence-electron chi connectivity index (χ2n) is 1.97. The number of aliphatic hydroxyl groups is 1. The van der Waals surface area contributed by atoms with Gasteiger partial charge in [-0.2, -0.15) is 0 Å². The summed E-state index contributed by atoms with van der Waals surface area (Å²) < 4.78 is 1.83. The standard InChI is InChI=1S/C6H10N2OS/c1-8-4-7-6(10-2)5(8)3-9/h4,9H,3H2,1-2H3. The highest BCUT2D eigenvalue weighted by Crippen LogP contribution is 2.16. The molecule has 0 fully saturated rings. The first-order chi connectivity index (χ1) is 4.79. The molecule has 0 spiro atoms. The maximum atomic E-state index is 8.85. The quantitative estimate of drug-likeness (QED) is 0.642. The minimum atomic E-state index is 0.0622. The number of nitrogens with zero attached hydrogens (tertiary/aromatic N) is 2. The largest absolute Gasteiger partial charge is 0.390 e. The fourth-order valence-corrected chi connectivity index (χ4v) is 1.38. The Morgan fingerprint density at radius 1 is 1.80 bits per heavy atom. The van der Waals surface area contributed by atoms with E-state index >= 15 is 0 Å². The zero-order chi connectivity index (χ0) is 7.56. The Labute approximate surface area is 64.1 Å². The average molecular weight is 158 g/mol. The van der Waals surface area contributed by atoms with Crippen molar-refractivity contribution < 1.29 is 5.11 Å². The highest BCUT2D eigenvalue weighted by atomic mass is 32.2. The molecule has 1 aromatic heterocycles. The molecule has 4 heteroatoms. The Balaban J connectivity index is 3.01. The van der Waals surface area contributed by atoms with Gasteiger partial charge in [0, 0.05) is 7.05 Å². The summed E-state index contributed by atoms with van der Waals surface area (Å²) in [7, 11) is 1.87. The summed E-state index contributed by atoms with van der Waals surface area (Å²) in [5.74, 6) is 0. The van der Waals surface area contributed by atoms with E-state index in [1.165, 1.54) is 0 Å². The molecule has 10 heavy (non-hydrogen) atoms. The van der Waals surface area contributed by atoms with E-state index in [2.05, 4.69) is 4.98 Å². The zero-order valence-corrected chi connectivity index (χ0v) is 6.85. The van der Waals surface area contributed by atoms with E-state index in [0.717, 1.165) is 10.7 Å². The highest BCUT2D eigenvalue weighted by Gasteiger charge is 2.04. The molecule has 1 N–H and O–H groups in total. The summed E-state index contributed by atoms with van der Waals surface area (Å²) in [5, 5.41) is 9.75. The molecule has 0 bridgehead atoms. The van der Waals surface area contributed by atoms with Gasteiger partial charge in [-0.05, 0) is 6.26 Å². The molecule has 1 rings (SSSR count). The molecular formula is C6H10N2OS. The van der Waals surface area contributed by atoms with E-state index in [1.54, 1.807) is 18.1 Å². The molecule has 3 nitrogen and oxygen atoms in total. The first-order valence-electron chi connectivity index (χ1n) is 2.94. The molecule has 0 atom stereocenters. The van der Waals surface area contributed by atoms with Crippen molar-refractivity contribution in [1.82, 2.24) is 9.55 Å². The van der Waals surface area contributed by atoms with Gasteiger partial charge in [-0.25, -0.2) is 4.98 Å². The van der Waals surface area contributed by atoms with Crippen LogP contribution in [0.3, 0.4) is 0 Å². The third-order valence-electron chi connectivity index (χ3n) is 1.36. The SMILES string of the molecule is CSc1ncn(C)c1CO. The van der Waals surface area contributed by atoms with Crippen LogP contribution in [0.4, 0.5) is 0 Å². The van der Waals surface area contributed by atoms with Crippen LogP contribution in [0.1, 0.15) is 5.69 Å². The molecule has 56 valence electrons. The average Bonchev–Trinajstić information content (AvgIpc) is 2.30. The number of rotatable bonds is 2. The summed E-state index contributed by atoms with van der Waals surface area (Å²) >= 11 is 1.55. The van der Waals surface area contributed by atoms with Gasteiger partial charge in [0.1, 0.15) is 5.03 Å². The van der Waals surface area contributed by atoms with Crippen LogP contribution < -0.4 is 0 Å². The Kier molecular flexibility index (Phi) is 2.34. The van der Waals surface area contributed by atoms with Gasteiger partial charge in [-0.3, -0.25) is 0 Å². The number of hydrogen-bond acceptors (Lipinski definition) is 3. The maximum Gasteiger partial charge on any atom is 0.119 e. The summed E-state index contributed by atoms with van der Waals surface area (Å²) in [6.45, 7) is 0.0622. The summed E-state index contributed by atoms with van der Waals surface area (Å²) in [5.41, 5.74) is 0.882. The van der Waals surface area contributed by atoms with Gasteiger partial charge in [0.15, 0.2) is 0 Å². The van der Waals surface area contributed by atoms with Crippen molar-refractivity contribution in [3.8, 4) is 0 Å². The molecule has 0 saturated carbocycles. The van der Waals surface area contributed by atoms with Gasteiger partial charge in [0.05, 0.1) is 18.6 Å². The van der Waals surface area contributed by atoms with Crippen LogP contribution in [0, 0.1) is 0 Å². The lowest BCUT2D eigenvalue weighted by atomic mass is 10.5. The minimum Gasteiger partial charge on any atom is -0.390 e. The molecule has 0 unspecified atom stereocenters. The third-order valence-corrected chi connectivity index (χ3v) is 2.09. The molecule has 0 radical (unpaired) electrons. The zero-order valence-electron chi connectivity index (χ0n) is 6.03. The number of aromatic nitrogens is 2. The lowest BCUT2D eigenvalue weighted by Crippen LogP contribution is -1.94. The fourth-order valence-electron chi connectivity index (χ4n) is 0.784. The minimum absolute atomic E-state index is 0.0622. The van der Waals surface area contributed by atoms with Crippen LogP contribution in [0.2, 0.25) is 0 Å². The topological polar surface area (TPSA) is 38.0 Å². The van der Waals surface area contributed by atoms with E-state index < -0.39 is 0 Å². The molecular weight excluding hydrogens is 148 g/mol. The molecule has 1 heterocycles. The molecule has 1 aromatic rings. The summed E-state index contributed by atoms with van der Waals surface area (Å²) in [4.78, 5) is 4.07. The maximum absolute atomic E-state index is 8.85. The van der Waals surface area contributed by atoms with Crippen LogP contribution in [-0.2, 0) is 13.7 Å². The number of imidazole rings is 1. The van der Waals surface area contributed by atoms with E-state index in [9.17, 15) is 0 Å². The van der Waals surface area contributed by atoms with Crippen molar-refractivity contribution in [3.05, 3.63) is 12.0 Å². The predicted octanol–water partition coefficient (Wildman–Crippen LogP) is 0.634. The van der Waals surface area contributed by atoms with Crippen LogP contribution in [0.25, 0.3) is 0 Å². The van der Waals surface area contributed by atoms with Crippen molar-refractivity contribution in [3.63, 3.8) is 0 Å². The molecule has 0 aliphatic heterocycles. The second-order valence-corrected chi connectivity index (χ2v) is 2.76. The number of aryl methyl sites for hydroxylation is 1. The van der Waals surface area contributed by atoms with E-state index in [1.807, 2.05) is 17.9 Å².